The Labute approximate surface area is 127 Å². The van der Waals surface area contributed by atoms with E-state index in [1.807, 2.05) is 24.3 Å². The lowest BCUT2D eigenvalue weighted by Gasteiger charge is -2.09. The minimum absolute atomic E-state index is 0.182. The van der Waals surface area contributed by atoms with Crippen LogP contribution in [0.15, 0.2) is 46.9 Å². The SMILES string of the molecule is COc1ccc(Br)c(CNCCc2cccc(F)c2)c1. The van der Waals surface area contributed by atoms with E-state index >= 15 is 0 Å². The van der Waals surface area contributed by atoms with Crippen LogP contribution >= 0.6 is 15.9 Å². The Kier molecular flexibility index (Phi) is 5.56. The van der Waals surface area contributed by atoms with Gasteiger partial charge < -0.3 is 10.1 Å². The van der Waals surface area contributed by atoms with Gasteiger partial charge in [-0.15, -0.1) is 0 Å². The molecule has 0 aromatic heterocycles. The Hall–Kier alpha value is -1.39. The number of ether oxygens (including phenoxy) is 1. The zero-order valence-electron chi connectivity index (χ0n) is 11.3. The number of benzene rings is 2. The summed E-state index contributed by atoms with van der Waals surface area (Å²) in [5.41, 5.74) is 2.14. The van der Waals surface area contributed by atoms with E-state index in [9.17, 15) is 4.39 Å². The Morgan fingerprint density at radius 2 is 2.05 bits per heavy atom. The number of nitrogens with one attached hydrogen (secondary N) is 1. The molecular formula is C16H17BrFNO. The minimum Gasteiger partial charge on any atom is -0.497 e. The third-order valence-electron chi connectivity index (χ3n) is 3.05. The first-order chi connectivity index (χ1) is 9.69. The van der Waals surface area contributed by atoms with Crippen LogP contribution in [0.3, 0.4) is 0 Å². The summed E-state index contributed by atoms with van der Waals surface area (Å²) in [6, 6.07) is 12.6. The van der Waals surface area contributed by atoms with Crippen molar-refractivity contribution in [2.45, 2.75) is 13.0 Å². The van der Waals surface area contributed by atoms with Crippen LogP contribution in [0, 0.1) is 5.82 Å². The van der Waals surface area contributed by atoms with Crippen molar-refractivity contribution in [1.82, 2.24) is 5.32 Å². The molecule has 0 heterocycles. The highest BCUT2D eigenvalue weighted by Gasteiger charge is 2.02. The summed E-state index contributed by atoms with van der Waals surface area (Å²) in [6.07, 6.45) is 0.805. The molecule has 20 heavy (non-hydrogen) atoms. The molecule has 0 saturated carbocycles. The van der Waals surface area contributed by atoms with E-state index in [1.165, 1.54) is 6.07 Å². The highest BCUT2D eigenvalue weighted by molar-refractivity contribution is 9.10. The summed E-state index contributed by atoms with van der Waals surface area (Å²) in [7, 11) is 1.66. The lowest BCUT2D eigenvalue weighted by molar-refractivity contribution is 0.414. The van der Waals surface area contributed by atoms with Gasteiger partial charge in [0.15, 0.2) is 0 Å². The molecule has 0 bridgehead atoms. The predicted octanol–water partition coefficient (Wildman–Crippen LogP) is 3.93. The number of methoxy groups -OCH3 is 1. The molecule has 0 amide bonds. The lowest BCUT2D eigenvalue weighted by Crippen LogP contribution is -2.17. The second-order valence-electron chi connectivity index (χ2n) is 4.51. The van der Waals surface area contributed by atoms with Gasteiger partial charge in [-0.05, 0) is 54.4 Å². The van der Waals surface area contributed by atoms with Crippen molar-refractivity contribution in [3.05, 3.63) is 63.9 Å². The molecule has 2 nitrogen and oxygen atoms in total. The van der Waals surface area contributed by atoms with E-state index < -0.39 is 0 Å². The van der Waals surface area contributed by atoms with Crippen LogP contribution in [0.1, 0.15) is 11.1 Å². The van der Waals surface area contributed by atoms with Crippen LogP contribution in [0.2, 0.25) is 0 Å². The molecule has 2 aromatic rings. The third kappa shape index (κ3) is 4.32. The Morgan fingerprint density at radius 1 is 1.20 bits per heavy atom. The molecule has 0 saturated heterocycles. The zero-order valence-corrected chi connectivity index (χ0v) is 12.9. The van der Waals surface area contributed by atoms with Gasteiger partial charge in [0.2, 0.25) is 0 Å². The first-order valence-electron chi connectivity index (χ1n) is 6.46. The predicted molar refractivity (Wildman–Crippen MR) is 82.5 cm³/mol. The van der Waals surface area contributed by atoms with Gasteiger partial charge in [-0.1, -0.05) is 28.1 Å². The molecule has 0 unspecified atom stereocenters. The fraction of sp³-hybridized carbons (Fsp3) is 0.250. The fourth-order valence-electron chi connectivity index (χ4n) is 1.96. The van der Waals surface area contributed by atoms with E-state index in [2.05, 4.69) is 21.2 Å². The number of hydrogen-bond acceptors (Lipinski definition) is 2. The molecule has 0 atom stereocenters. The summed E-state index contributed by atoms with van der Waals surface area (Å²) in [4.78, 5) is 0. The van der Waals surface area contributed by atoms with Crippen LogP contribution in [-0.4, -0.2) is 13.7 Å². The molecule has 106 valence electrons. The summed E-state index contributed by atoms with van der Waals surface area (Å²) < 4.78 is 19.3. The molecule has 2 rings (SSSR count). The summed E-state index contributed by atoms with van der Waals surface area (Å²) in [6.45, 7) is 1.54. The fourth-order valence-corrected chi connectivity index (χ4v) is 2.35. The van der Waals surface area contributed by atoms with E-state index in [1.54, 1.807) is 19.2 Å². The second-order valence-corrected chi connectivity index (χ2v) is 5.37. The van der Waals surface area contributed by atoms with Gasteiger partial charge in [0, 0.05) is 11.0 Å². The van der Waals surface area contributed by atoms with Crippen molar-refractivity contribution < 1.29 is 9.13 Å². The third-order valence-corrected chi connectivity index (χ3v) is 3.82. The van der Waals surface area contributed by atoms with Gasteiger partial charge in [0.1, 0.15) is 11.6 Å². The molecule has 0 radical (unpaired) electrons. The average molecular weight is 338 g/mol. The van der Waals surface area contributed by atoms with Crippen LogP contribution in [0.5, 0.6) is 5.75 Å². The van der Waals surface area contributed by atoms with Crippen LogP contribution in [0.4, 0.5) is 4.39 Å². The quantitative estimate of drug-likeness (QED) is 0.806. The molecule has 0 fully saturated rings. The molecule has 0 aliphatic carbocycles. The maximum absolute atomic E-state index is 13.0. The molecule has 0 spiro atoms. The first-order valence-corrected chi connectivity index (χ1v) is 7.26. The smallest absolute Gasteiger partial charge is 0.123 e. The van der Waals surface area contributed by atoms with Crippen molar-refractivity contribution in [3.63, 3.8) is 0 Å². The number of hydrogen-bond donors (Lipinski definition) is 1. The standard InChI is InChI=1S/C16H17BrFNO/c1-20-15-5-6-16(17)13(10-15)11-19-8-7-12-3-2-4-14(18)9-12/h2-6,9-10,19H,7-8,11H2,1H3. The van der Waals surface area contributed by atoms with Crippen molar-refractivity contribution >= 4 is 15.9 Å². The van der Waals surface area contributed by atoms with Crippen molar-refractivity contribution in [3.8, 4) is 5.75 Å². The first kappa shape index (κ1) is 15.0. The molecular weight excluding hydrogens is 321 g/mol. The molecule has 4 heteroatoms. The van der Waals surface area contributed by atoms with E-state index in [4.69, 9.17) is 4.74 Å². The highest BCUT2D eigenvalue weighted by atomic mass is 79.9. The summed E-state index contributed by atoms with van der Waals surface area (Å²) >= 11 is 3.52. The maximum atomic E-state index is 13.0. The van der Waals surface area contributed by atoms with Gasteiger partial charge >= 0.3 is 0 Å². The summed E-state index contributed by atoms with van der Waals surface area (Å²) in [5, 5.41) is 3.35. The maximum Gasteiger partial charge on any atom is 0.123 e. The zero-order chi connectivity index (χ0) is 14.4. The number of rotatable bonds is 6. The molecule has 1 N–H and O–H groups in total. The van der Waals surface area contributed by atoms with Crippen LogP contribution in [-0.2, 0) is 13.0 Å². The topological polar surface area (TPSA) is 21.3 Å². The van der Waals surface area contributed by atoms with E-state index in [-0.39, 0.29) is 5.82 Å². The van der Waals surface area contributed by atoms with E-state index in [0.717, 1.165) is 40.9 Å². The van der Waals surface area contributed by atoms with Gasteiger partial charge in [-0.25, -0.2) is 4.39 Å². The largest absolute Gasteiger partial charge is 0.497 e. The normalized spacial score (nSPS) is 10.6. The van der Waals surface area contributed by atoms with Gasteiger partial charge in [0.05, 0.1) is 7.11 Å². The van der Waals surface area contributed by atoms with Crippen molar-refractivity contribution in [2.24, 2.45) is 0 Å². The summed E-state index contributed by atoms with van der Waals surface area (Å²) in [5.74, 6) is 0.660. The molecule has 2 aromatic carbocycles. The van der Waals surface area contributed by atoms with Crippen molar-refractivity contribution in [1.29, 1.82) is 0 Å². The van der Waals surface area contributed by atoms with Gasteiger partial charge in [0.25, 0.3) is 0 Å². The highest BCUT2D eigenvalue weighted by Crippen LogP contribution is 2.22. The second kappa shape index (κ2) is 7.41. The monoisotopic (exact) mass is 337 g/mol. The number of halogens is 2. The molecule has 0 aliphatic heterocycles. The lowest BCUT2D eigenvalue weighted by atomic mass is 10.1. The van der Waals surface area contributed by atoms with Crippen LogP contribution in [0.25, 0.3) is 0 Å². The molecule has 0 aliphatic rings. The Morgan fingerprint density at radius 3 is 2.80 bits per heavy atom. The average Bonchev–Trinajstić information content (AvgIpc) is 2.45. The Bertz CT molecular complexity index is 574. The van der Waals surface area contributed by atoms with Crippen molar-refractivity contribution in [2.75, 3.05) is 13.7 Å². The van der Waals surface area contributed by atoms with E-state index in [0.29, 0.717) is 0 Å². The van der Waals surface area contributed by atoms with Gasteiger partial charge in [-0.2, -0.15) is 0 Å². The van der Waals surface area contributed by atoms with Gasteiger partial charge in [-0.3, -0.25) is 0 Å². The minimum atomic E-state index is -0.182. The Balaban J connectivity index is 1.84. The van der Waals surface area contributed by atoms with Crippen LogP contribution < -0.4 is 10.1 Å².